The molecular formula is C25H41BrO6Si. The molecule has 1 aliphatic carbocycles. The topological polar surface area (TPSA) is 74.2 Å². The third kappa shape index (κ3) is 7.70. The van der Waals surface area contributed by atoms with E-state index in [1.165, 1.54) is 0 Å². The zero-order valence-corrected chi connectivity index (χ0v) is 23.8. The van der Waals surface area contributed by atoms with Crippen LogP contribution in [0.25, 0.3) is 0 Å². The van der Waals surface area contributed by atoms with Crippen molar-refractivity contribution in [2.45, 2.75) is 103 Å². The predicted octanol–water partition coefficient (Wildman–Crippen LogP) is 7.11. The van der Waals surface area contributed by atoms with Gasteiger partial charge in [0, 0.05) is 0 Å². The molecule has 1 N–H and O–H groups in total. The molecule has 0 saturated heterocycles. The maximum Gasteiger partial charge on any atom is 0.306 e. The summed E-state index contributed by atoms with van der Waals surface area (Å²) >= 11 is 3.60. The van der Waals surface area contributed by atoms with Gasteiger partial charge in [0.15, 0.2) is 8.32 Å². The minimum Gasteiger partial charge on any atom is -0.493 e. The lowest BCUT2D eigenvalue weighted by Crippen LogP contribution is -2.45. The molecule has 33 heavy (non-hydrogen) atoms. The van der Waals surface area contributed by atoms with E-state index in [1.807, 2.05) is 26.0 Å². The highest BCUT2D eigenvalue weighted by Gasteiger charge is 2.43. The number of benzene rings is 1. The van der Waals surface area contributed by atoms with Crippen LogP contribution in [-0.2, 0) is 14.0 Å². The third-order valence-corrected chi connectivity index (χ3v) is 11.8. The van der Waals surface area contributed by atoms with Crippen molar-refractivity contribution in [3.8, 4) is 11.5 Å². The number of hydrogen-bond donors (Lipinski definition) is 1. The van der Waals surface area contributed by atoms with Gasteiger partial charge >= 0.3 is 5.97 Å². The zero-order valence-electron chi connectivity index (χ0n) is 21.2. The standard InChI is InChI=1S/C25H41BrO6Si/c1-8-29-19-14-17(15-20(23(19)26)30-9-2)24(32-33(6,7)25(3,4)5)21(16-22(27)28)31-18-12-10-11-13-18/h14-15,18,21,24H,8-13,16H2,1-7H3,(H,27,28). The highest BCUT2D eigenvalue weighted by atomic mass is 79.9. The third-order valence-electron chi connectivity index (χ3n) is 6.57. The van der Waals surface area contributed by atoms with Crippen LogP contribution < -0.4 is 9.47 Å². The van der Waals surface area contributed by atoms with Crippen LogP contribution in [0, 0.1) is 0 Å². The van der Waals surface area contributed by atoms with E-state index >= 15 is 0 Å². The highest BCUT2D eigenvalue weighted by molar-refractivity contribution is 9.10. The maximum atomic E-state index is 11.9. The van der Waals surface area contributed by atoms with Crippen molar-refractivity contribution in [3.63, 3.8) is 0 Å². The molecule has 2 rings (SSSR count). The summed E-state index contributed by atoms with van der Waals surface area (Å²) in [5, 5.41) is 9.70. The Kier molecular flexibility index (Phi) is 10.3. The van der Waals surface area contributed by atoms with Gasteiger partial charge in [-0.15, -0.1) is 0 Å². The first-order chi connectivity index (χ1) is 15.4. The Morgan fingerprint density at radius 1 is 1.12 bits per heavy atom. The first kappa shape index (κ1) is 28.1. The Balaban J connectivity index is 2.59. The van der Waals surface area contributed by atoms with Gasteiger partial charge in [-0.1, -0.05) is 33.6 Å². The van der Waals surface area contributed by atoms with Crippen molar-refractivity contribution >= 4 is 30.2 Å². The van der Waals surface area contributed by atoms with Gasteiger partial charge in [-0.2, -0.15) is 0 Å². The number of ether oxygens (including phenoxy) is 3. The molecule has 188 valence electrons. The van der Waals surface area contributed by atoms with Crippen LogP contribution in [0.15, 0.2) is 16.6 Å². The van der Waals surface area contributed by atoms with Gasteiger partial charge in [0.2, 0.25) is 0 Å². The van der Waals surface area contributed by atoms with Crippen LogP contribution in [-0.4, -0.2) is 44.8 Å². The first-order valence-electron chi connectivity index (χ1n) is 12.0. The van der Waals surface area contributed by atoms with Gasteiger partial charge in [-0.25, -0.2) is 0 Å². The molecule has 0 amide bonds. The van der Waals surface area contributed by atoms with E-state index < -0.39 is 26.5 Å². The fourth-order valence-corrected chi connectivity index (χ4v) is 5.54. The van der Waals surface area contributed by atoms with Gasteiger partial charge in [-0.3, -0.25) is 4.79 Å². The van der Waals surface area contributed by atoms with E-state index in [9.17, 15) is 9.90 Å². The van der Waals surface area contributed by atoms with Gasteiger partial charge in [0.05, 0.1) is 37.9 Å². The molecule has 1 fully saturated rings. The van der Waals surface area contributed by atoms with Crippen molar-refractivity contribution < 1.29 is 28.5 Å². The molecule has 1 saturated carbocycles. The second-order valence-corrected chi connectivity index (χ2v) is 15.7. The van der Waals surface area contributed by atoms with Crippen molar-refractivity contribution in [1.29, 1.82) is 0 Å². The Morgan fingerprint density at radius 2 is 1.64 bits per heavy atom. The van der Waals surface area contributed by atoms with Crippen molar-refractivity contribution in [2.24, 2.45) is 0 Å². The van der Waals surface area contributed by atoms with Gasteiger partial charge in [0.1, 0.15) is 16.0 Å². The highest BCUT2D eigenvalue weighted by Crippen LogP contribution is 2.45. The lowest BCUT2D eigenvalue weighted by molar-refractivity contribution is -0.145. The summed E-state index contributed by atoms with van der Waals surface area (Å²) in [6.07, 6.45) is 2.92. The average Bonchev–Trinajstić information content (AvgIpc) is 3.21. The molecular weight excluding hydrogens is 504 g/mol. The Labute approximate surface area is 208 Å². The minimum atomic E-state index is -2.27. The minimum absolute atomic E-state index is 0.0484. The molecule has 2 unspecified atom stereocenters. The molecule has 2 atom stereocenters. The molecule has 1 aromatic rings. The molecule has 0 spiro atoms. The number of carboxylic acid groups (broad SMARTS) is 1. The van der Waals surface area contributed by atoms with Gasteiger partial charge < -0.3 is 23.7 Å². The van der Waals surface area contributed by atoms with E-state index in [2.05, 4.69) is 49.8 Å². The molecule has 0 aromatic heterocycles. The maximum absolute atomic E-state index is 11.9. The molecule has 1 aliphatic rings. The molecule has 0 aliphatic heterocycles. The van der Waals surface area contributed by atoms with Crippen LogP contribution in [0.4, 0.5) is 0 Å². The van der Waals surface area contributed by atoms with Crippen LogP contribution in [0.1, 0.15) is 78.4 Å². The molecule has 0 heterocycles. The van der Waals surface area contributed by atoms with E-state index in [4.69, 9.17) is 18.6 Å². The fourth-order valence-electron chi connectivity index (χ4n) is 3.80. The van der Waals surface area contributed by atoms with E-state index in [0.29, 0.717) is 24.7 Å². The summed E-state index contributed by atoms with van der Waals surface area (Å²) in [6, 6.07) is 3.86. The number of carboxylic acids is 1. The smallest absolute Gasteiger partial charge is 0.306 e. The summed E-state index contributed by atoms with van der Waals surface area (Å²) < 4.78 is 25.8. The Morgan fingerprint density at radius 3 is 2.06 bits per heavy atom. The Hall–Kier alpha value is -1.09. The summed E-state index contributed by atoms with van der Waals surface area (Å²) in [5.41, 5.74) is 0.819. The number of aliphatic carboxylic acids is 1. The monoisotopic (exact) mass is 544 g/mol. The largest absolute Gasteiger partial charge is 0.493 e. The predicted molar refractivity (Wildman–Crippen MR) is 137 cm³/mol. The molecule has 0 radical (unpaired) electrons. The lowest BCUT2D eigenvalue weighted by atomic mass is 10.0. The molecule has 6 nitrogen and oxygen atoms in total. The number of rotatable bonds is 12. The van der Waals surface area contributed by atoms with Crippen molar-refractivity contribution in [1.82, 2.24) is 0 Å². The van der Waals surface area contributed by atoms with Crippen LogP contribution in [0.3, 0.4) is 0 Å². The first-order valence-corrected chi connectivity index (χ1v) is 15.7. The quantitative estimate of drug-likeness (QED) is 0.282. The molecule has 0 bridgehead atoms. The van der Waals surface area contributed by atoms with Crippen molar-refractivity contribution in [2.75, 3.05) is 13.2 Å². The summed E-state index contributed by atoms with van der Waals surface area (Å²) in [6.45, 7) is 15.8. The fraction of sp³-hybridized carbons (Fsp3) is 0.720. The summed E-state index contributed by atoms with van der Waals surface area (Å²) in [4.78, 5) is 11.9. The van der Waals surface area contributed by atoms with Crippen LogP contribution in [0.2, 0.25) is 18.1 Å². The van der Waals surface area contributed by atoms with Gasteiger partial charge in [0.25, 0.3) is 0 Å². The number of hydrogen-bond acceptors (Lipinski definition) is 5. The number of halogens is 1. The van der Waals surface area contributed by atoms with E-state index in [-0.39, 0.29) is 17.6 Å². The normalized spacial score (nSPS) is 17.1. The van der Waals surface area contributed by atoms with E-state index in [0.717, 1.165) is 35.7 Å². The SMILES string of the molecule is CCOc1cc(C(O[Si](C)(C)C(C)(C)C)C(CC(=O)O)OC2CCCC2)cc(OCC)c1Br. The molecule has 8 heteroatoms. The van der Waals surface area contributed by atoms with Crippen LogP contribution >= 0.6 is 15.9 Å². The lowest BCUT2D eigenvalue weighted by Gasteiger charge is -2.42. The number of carbonyl (C=O) groups is 1. The second-order valence-electron chi connectivity index (χ2n) is 10.2. The van der Waals surface area contributed by atoms with Crippen molar-refractivity contribution in [3.05, 3.63) is 22.2 Å². The average molecular weight is 546 g/mol. The Bertz CT molecular complexity index is 759. The van der Waals surface area contributed by atoms with Crippen LogP contribution in [0.5, 0.6) is 11.5 Å². The summed E-state index contributed by atoms with van der Waals surface area (Å²) in [5.74, 6) is 0.406. The second kappa shape index (κ2) is 12.0. The molecule has 1 aromatic carbocycles. The van der Waals surface area contributed by atoms with Gasteiger partial charge in [-0.05, 0) is 78.4 Å². The van der Waals surface area contributed by atoms with E-state index in [1.54, 1.807) is 0 Å². The summed E-state index contributed by atoms with van der Waals surface area (Å²) in [7, 11) is -2.27. The zero-order chi connectivity index (χ0) is 24.8.